The van der Waals surface area contributed by atoms with Crippen LogP contribution in [0.15, 0.2) is 41.0 Å². The van der Waals surface area contributed by atoms with Gasteiger partial charge in [-0.25, -0.2) is 8.42 Å². The van der Waals surface area contributed by atoms with Crippen molar-refractivity contribution in [3.05, 3.63) is 57.8 Å². The Morgan fingerprint density at radius 3 is 2.69 bits per heavy atom. The van der Waals surface area contributed by atoms with Gasteiger partial charge in [-0.05, 0) is 63.7 Å². The summed E-state index contributed by atoms with van der Waals surface area (Å²) in [6, 6.07) is 8.49. The summed E-state index contributed by atoms with van der Waals surface area (Å²) in [5.41, 5.74) is 2.86. The number of aliphatic hydroxyl groups is 1. The SMILES string of the molecule is CC(C)c1ccnc(CN[C@H]2CS(=O)(=O)C[C@@H](Cc3ccc(O)c(Br)c3)[C@@H]2O)c1. The van der Waals surface area contributed by atoms with E-state index in [1.54, 1.807) is 24.4 Å². The summed E-state index contributed by atoms with van der Waals surface area (Å²) < 4.78 is 25.5. The molecule has 158 valence electrons. The molecule has 1 aliphatic rings. The summed E-state index contributed by atoms with van der Waals surface area (Å²) in [6.07, 6.45) is 1.38. The number of nitrogens with zero attached hydrogens (tertiary/aromatic N) is 1. The van der Waals surface area contributed by atoms with Crippen LogP contribution in [-0.2, 0) is 22.8 Å². The van der Waals surface area contributed by atoms with Crippen molar-refractivity contribution in [2.24, 2.45) is 5.92 Å². The van der Waals surface area contributed by atoms with Gasteiger partial charge >= 0.3 is 0 Å². The molecule has 0 radical (unpaired) electrons. The molecule has 0 saturated carbocycles. The molecule has 2 aromatic rings. The Morgan fingerprint density at radius 1 is 1.24 bits per heavy atom. The van der Waals surface area contributed by atoms with Crippen LogP contribution in [0.4, 0.5) is 0 Å². The van der Waals surface area contributed by atoms with Crippen LogP contribution in [0.1, 0.15) is 36.6 Å². The highest BCUT2D eigenvalue weighted by atomic mass is 79.9. The minimum atomic E-state index is -3.28. The molecule has 1 aliphatic heterocycles. The molecule has 0 aliphatic carbocycles. The van der Waals surface area contributed by atoms with Crippen LogP contribution in [0.5, 0.6) is 5.75 Å². The predicted octanol–water partition coefficient (Wildman–Crippen LogP) is 2.78. The van der Waals surface area contributed by atoms with E-state index in [1.807, 2.05) is 12.1 Å². The molecule has 29 heavy (non-hydrogen) atoms. The summed E-state index contributed by atoms with van der Waals surface area (Å²) in [4.78, 5) is 4.35. The first-order chi connectivity index (χ1) is 13.6. The lowest BCUT2D eigenvalue weighted by Crippen LogP contribution is -2.54. The second-order valence-corrected chi connectivity index (χ2v) is 11.0. The minimum absolute atomic E-state index is 0.0497. The lowest BCUT2D eigenvalue weighted by molar-refractivity contribution is 0.0779. The summed E-state index contributed by atoms with van der Waals surface area (Å²) in [7, 11) is -3.28. The Balaban J connectivity index is 1.71. The quantitative estimate of drug-likeness (QED) is 0.585. The molecule has 1 fully saturated rings. The zero-order valence-electron chi connectivity index (χ0n) is 16.5. The number of sulfone groups is 1. The molecule has 1 aromatic heterocycles. The first kappa shape index (κ1) is 22.2. The van der Waals surface area contributed by atoms with E-state index in [0.29, 0.717) is 23.4 Å². The van der Waals surface area contributed by atoms with Gasteiger partial charge in [-0.1, -0.05) is 19.9 Å². The van der Waals surface area contributed by atoms with Crippen molar-refractivity contribution in [1.29, 1.82) is 0 Å². The zero-order chi connectivity index (χ0) is 21.2. The van der Waals surface area contributed by atoms with Gasteiger partial charge in [0.05, 0.1) is 27.8 Å². The summed E-state index contributed by atoms with van der Waals surface area (Å²) in [5, 5.41) is 23.7. The highest BCUT2D eigenvalue weighted by Crippen LogP contribution is 2.28. The fraction of sp³-hybridized carbons (Fsp3) is 0.476. The number of aromatic nitrogens is 1. The standard InChI is InChI=1S/C21H27BrN2O4S/c1-13(2)15-5-6-23-17(9-15)10-24-19-12-29(27,28)11-16(21(19)26)7-14-3-4-20(25)18(22)8-14/h3-6,8-9,13,16,19,21,24-26H,7,10-12H2,1-2H3/t16-,19+,21+/m1/s1. The number of halogens is 1. The van der Waals surface area contributed by atoms with Gasteiger partial charge in [0.2, 0.25) is 0 Å². The molecule has 3 atom stereocenters. The topological polar surface area (TPSA) is 99.5 Å². The van der Waals surface area contributed by atoms with Crippen molar-refractivity contribution in [2.45, 2.75) is 44.9 Å². The van der Waals surface area contributed by atoms with Crippen molar-refractivity contribution in [3.63, 3.8) is 0 Å². The Bertz CT molecular complexity index is 965. The van der Waals surface area contributed by atoms with Crippen LogP contribution in [0, 0.1) is 5.92 Å². The first-order valence-electron chi connectivity index (χ1n) is 9.68. The molecular formula is C21H27BrN2O4S. The fourth-order valence-electron chi connectivity index (χ4n) is 3.72. The molecule has 0 unspecified atom stereocenters. The van der Waals surface area contributed by atoms with Crippen LogP contribution in [0.25, 0.3) is 0 Å². The predicted molar refractivity (Wildman–Crippen MR) is 117 cm³/mol. The Morgan fingerprint density at radius 2 is 2.00 bits per heavy atom. The number of nitrogens with one attached hydrogen (secondary N) is 1. The zero-order valence-corrected chi connectivity index (χ0v) is 18.9. The second kappa shape index (κ2) is 9.12. The number of benzene rings is 1. The average Bonchev–Trinajstić information content (AvgIpc) is 2.66. The molecule has 1 aromatic carbocycles. The third kappa shape index (κ3) is 5.78. The maximum Gasteiger partial charge on any atom is 0.152 e. The largest absolute Gasteiger partial charge is 0.507 e. The third-order valence-corrected chi connectivity index (χ3v) is 7.80. The van der Waals surface area contributed by atoms with Gasteiger partial charge in [0.25, 0.3) is 0 Å². The second-order valence-electron chi connectivity index (χ2n) is 8.04. The maximum absolute atomic E-state index is 12.5. The van der Waals surface area contributed by atoms with Crippen molar-refractivity contribution >= 4 is 25.8 Å². The van der Waals surface area contributed by atoms with E-state index in [9.17, 15) is 18.6 Å². The summed E-state index contributed by atoms with van der Waals surface area (Å²) in [5.74, 6) is -0.0509. The van der Waals surface area contributed by atoms with Crippen LogP contribution in [-0.4, -0.2) is 47.3 Å². The number of phenols is 1. The molecule has 0 amide bonds. The monoisotopic (exact) mass is 482 g/mol. The number of hydrogen-bond donors (Lipinski definition) is 3. The number of aromatic hydroxyl groups is 1. The molecular weight excluding hydrogens is 456 g/mol. The van der Waals surface area contributed by atoms with Crippen LogP contribution < -0.4 is 5.32 Å². The van der Waals surface area contributed by atoms with E-state index in [0.717, 1.165) is 11.3 Å². The van der Waals surface area contributed by atoms with Crippen molar-refractivity contribution in [2.75, 3.05) is 11.5 Å². The van der Waals surface area contributed by atoms with Gasteiger partial charge in [-0.3, -0.25) is 4.98 Å². The van der Waals surface area contributed by atoms with E-state index in [4.69, 9.17) is 0 Å². The summed E-state index contributed by atoms with van der Waals surface area (Å²) in [6.45, 7) is 4.61. The van der Waals surface area contributed by atoms with E-state index in [1.165, 1.54) is 5.56 Å². The van der Waals surface area contributed by atoms with Crippen molar-refractivity contribution < 1.29 is 18.6 Å². The Hall–Kier alpha value is -1.48. The van der Waals surface area contributed by atoms with Crippen molar-refractivity contribution in [3.8, 4) is 5.75 Å². The molecule has 1 saturated heterocycles. The lowest BCUT2D eigenvalue weighted by Gasteiger charge is -2.35. The normalized spacial score (nSPS) is 24.0. The molecule has 8 heteroatoms. The molecule has 3 N–H and O–H groups in total. The van der Waals surface area contributed by atoms with Crippen LogP contribution in [0.3, 0.4) is 0 Å². The van der Waals surface area contributed by atoms with Crippen LogP contribution in [0.2, 0.25) is 0 Å². The van der Waals surface area contributed by atoms with Gasteiger partial charge in [-0.2, -0.15) is 0 Å². The highest BCUT2D eigenvalue weighted by molar-refractivity contribution is 9.10. The lowest BCUT2D eigenvalue weighted by atomic mass is 9.91. The number of pyridine rings is 1. The van der Waals surface area contributed by atoms with E-state index < -0.39 is 27.9 Å². The maximum atomic E-state index is 12.5. The van der Waals surface area contributed by atoms with Gasteiger partial charge in [0.15, 0.2) is 9.84 Å². The van der Waals surface area contributed by atoms with Gasteiger partial charge in [0, 0.05) is 24.7 Å². The minimum Gasteiger partial charge on any atom is -0.507 e. The summed E-state index contributed by atoms with van der Waals surface area (Å²) >= 11 is 3.28. The number of rotatable bonds is 6. The third-order valence-electron chi connectivity index (χ3n) is 5.36. The highest BCUT2D eigenvalue weighted by Gasteiger charge is 2.39. The van der Waals surface area contributed by atoms with Crippen molar-refractivity contribution in [1.82, 2.24) is 10.3 Å². The van der Waals surface area contributed by atoms with E-state index >= 15 is 0 Å². The fourth-order valence-corrected chi connectivity index (χ4v) is 6.11. The van der Waals surface area contributed by atoms with E-state index in [2.05, 4.69) is 40.1 Å². The molecule has 3 rings (SSSR count). The first-order valence-corrected chi connectivity index (χ1v) is 12.3. The number of phenolic OH excluding ortho intramolecular Hbond substituents is 1. The molecule has 2 heterocycles. The molecule has 0 bridgehead atoms. The number of aliphatic hydroxyl groups excluding tert-OH is 1. The van der Waals surface area contributed by atoms with Gasteiger partial charge in [-0.15, -0.1) is 0 Å². The average molecular weight is 483 g/mol. The van der Waals surface area contributed by atoms with Crippen LogP contribution >= 0.6 is 15.9 Å². The Kier molecular flexibility index (Phi) is 6.98. The molecule has 6 nitrogen and oxygen atoms in total. The van der Waals surface area contributed by atoms with Gasteiger partial charge < -0.3 is 15.5 Å². The smallest absolute Gasteiger partial charge is 0.152 e. The van der Waals surface area contributed by atoms with Gasteiger partial charge in [0.1, 0.15) is 5.75 Å². The van der Waals surface area contributed by atoms with E-state index in [-0.39, 0.29) is 17.3 Å². The Labute approximate surface area is 180 Å². The number of hydrogen-bond acceptors (Lipinski definition) is 6. The molecule has 0 spiro atoms.